The van der Waals surface area contributed by atoms with Gasteiger partial charge >= 0.3 is 0 Å². The molecule has 0 saturated carbocycles. The molecule has 0 aromatic carbocycles. The lowest BCUT2D eigenvalue weighted by molar-refractivity contribution is 0.547. The van der Waals surface area contributed by atoms with E-state index >= 15 is 0 Å². The topological polar surface area (TPSA) is 76.9 Å². The summed E-state index contributed by atoms with van der Waals surface area (Å²) in [4.78, 5) is 4.04. The van der Waals surface area contributed by atoms with E-state index < -0.39 is 9.84 Å². The molecule has 0 amide bonds. The Morgan fingerprint density at radius 1 is 1.56 bits per heavy atom. The lowest BCUT2D eigenvalue weighted by atomic mass is 10.4. The molecule has 0 radical (unpaired) electrons. The molecule has 6 nitrogen and oxygen atoms in total. The van der Waals surface area contributed by atoms with Crippen LogP contribution >= 0.6 is 0 Å². The van der Waals surface area contributed by atoms with Gasteiger partial charge in [0.1, 0.15) is 6.33 Å². The van der Waals surface area contributed by atoms with Crippen LogP contribution in [0, 0.1) is 0 Å². The molecule has 1 atom stereocenters. The molecule has 0 aliphatic heterocycles. The molecule has 1 unspecified atom stereocenters. The largest absolute Gasteiger partial charge is 0.306 e. The highest BCUT2D eigenvalue weighted by atomic mass is 32.2. The second kappa shape index (κ2) is 5.40. The molecule has 0 spiro atoms. The van der Waals surface area contributed by atoms with Crippen LogP contribution in [0.2, 0.25) is 0 Å². The number of hydrogen-bond acceptors (Lipinski definition) is 5. The number of hydrogen-bond donors (Lipinski definition) is 1. The minimum absolute atomic E-state index is 0.0891. The highest BCUT2D eigenvalue weighted by Gasteiger charge is 2.13. The van der Waals surface area contributed by atoms with Crippen LogP contribution in [0.4, 0.5) is 0 Å². The van der Waals surface area contributed by atoms with Crippen LogP contribution in [0.1, 0.15) is 19.7 Å². The zero-order valence-electron chi connectivity index (χ0n) is 9.84. The molecule has 0 aliphatic rings. The summed E-state index contributed by atoms with van der Waals surface area (Å²) in [6.07, 6.45) is 1.62. The van der Waals surface area contributed by atoms with Gasteiger partial charge in [-0.25, -0.2) is 13.4 Å². The quantitative estimate of drug-likeness (QED) is 0.747. The van der Waals surface area contributed by atoms with Gasteiger partial charge in [0.15, 0.2) is 15.7 Å². The van der Waals surface area contributed by atoms with Crippen molar-refractivity contribution in [3.8, 4) is 0 Å². The maximum Gasteiger partial charge on any atom is 0.164 e. The fourth-order valence-electron chi connectivity index (χ4n) is 1.29. The second-order valence-corrected chi connectivity index (χ2v) is 6.21. The Labute approximate surface area is 96.0 Å². The first kappa shape index (κ1) is 13.1. The van der Waals surface area contributed by atoms with Gasteiger partial charge in [0.25, 0.3) is 0 Å². The van der Waals surface area contributed by atoms with Gasteiger partial charge in [-0.1, -0.05) is 6.92 Å². The Hall–Kier alpha value is -0.950. The van der Waals surface area contributed by atoms with Crippen molar-refractivity contribution in [2.45, 2.75) is 26.4 Å². The third-order valence-electron chi connectivity index (χ3n) is 2.20. The molecule has 1 N–H and O–H groups in total. The summed E-state index contributed by atoms with van der Waals surface area (Å²) in [7, 11) is -1.13. The predicted octanol–water partition coefficient (Wildman–Crippen LogP) is -0.272. The van der Waals surface area contributed by atoms with Gasteiger partial charge in [-0.05, 0) is 6.92 Å². The van der Waals surface area contributed by atoms with E-state index in [-0.39, 0.29) is 17.5 Å². The van der Waals surface area contributed by atoms with Crippen molar-refractivity contribution >= 4 is 9.84 Å². The molecule has 1 heterocycles. The lowest BCUT2D eigenvalue weighted by Crippen LogP contribution is -2.33. The van der Waals surface area contributed by atoms with Crippen molar-refractivity contribution in [2.75, 3.05) is 11.5 Å². The summed E-state index contributed by atoms with van der Waals surface area (Å²) in [5.74, 6) is 1.00. The number of rotatable bonds is 6. The first-order valence-electron chi connectivity index (χ1n) is 5.21. The molecule has 1 aromatic heterocycles. The van der Waals surface area contributed by atoms with Gasteiger partial charge in [-0.15, -0.1) is 0 Å². The van der Waals surface area contributed by atoms with Crippen LogP contribution in [0.3, 0.4) is 0 Å². The number of aryl methyl sites for hydroxylation is 1. The molecule has 7 heteroatoms. The Kier molecular flexibility index (Phi) is 4.43. The molecular weight excluding hydrogens is 228 g/mol. The monoisotopic (exact) mass is 246 g/mol. The third kappa shape index (κ3) is 4.28. The smallest absolute Gasteiger partial charge is 0.164 e. The minimum Gasteiger partial charge on any atom is -0.306 e. The molecular formula is C9H18N4O2S. The highest BCUT2D eigenvalue weighted by Crippen LogP contribution is 1.96. The van der Waals surface area contributed by atoms with Gasteiger partial charge in [-0.2, -0.15) is 5.10 Å². The Morgan fingerprint density at radius 2 is 2.25 bits per heavy atom. The average Bonchev–Trinajstić information content (AvgIpc) is 2.61. The van der Waals surface area contributed by atoms with Gasteiger partial charge in [0.2, 0.25) is 0 Å². The first-order valence-corrected chi connectivity index (χ1v) is 7.03. The number of nitrogens with zero attached hydrogens (tertiary/aromatic N) is 3. The van der Waals surface area contributed by atoms with E-state index in [4.69, 9.17) is 0 Å². The van der Waals surface area contributed by atoms with Crippen molar-refractivity contribution in [2.24, 2.45) is 7.05 Å². The van der Waals surface area contributed by atoms with Crippen LogP contribution in [-0.2, 0) is 23.4 Å². The minimum atomic E-state index is -2.93. The Balaban J connectivity index is 2.39. The van der Waals surface area contributed by atoms with E-state index in [2.05, 4.69) is 15.4 Å². The van der Waals surface area contributed by atoms with Gasteiger partial charge in [0.05, 0.1) is 12.3 Å². The summed E-state index contributed by atoms with van der Waals surface area (Å²) < 4.78 is 24.3. The molecule has 0 bridgehead atoms. The highest BCUT2D eigenvalue weighted by molar-refractivity contribution is 7.91. The fourth-order valence-corrected chi connectivity index (χ4v) is 2.40. The van der Waals surface area contributed by atoms with E-state index in [1.807, 2.05) is 6.92 Å². The number of sulfone groups is 1. The van der Waals surface area contributed by atoms with Crippen molar-refractivity contribution in [3.63, 3.8) is 0 Å². The molecule has 0 aliphatic carbocycles. The number of nitrogens with one attached hydrogen (secondary N) is 1. The van der Waals surface area contributed by atoms with Crippen LogP contribution in [0.5, 0.6) is 0 Å². The lowest BCUT2D eigenvalue weighted by Gasteiger charge is -2.11. The zero-order valence-corrected chi connectivity index (χ0v) is 10.7. The molecule has 0 fully saturated rings. The summed E-state index contributed by atoms with van der Waals surface area (Å²) in [6.45, 7) is 3.99. The fraction of sp³-hybridized carbons (Fsp3) is 0.778. The molecule has 16 heavy (non-hydrogen) atoms. The van der Waals surface area contributed by atoms with Crippen LogP contribution in [0.25, 0.3) is 0 Å². The average molecular weight is 246 g/mol. The zero-order chi connectivity index (χ0) is 12.2. The summed E-state index contributed by atoms with van der Waals surface area (Å²) in [5, 5.41) is 7.18. The van der Waals surface area contributed by atoms with E-state index in [1.54, 1.807) is 25.0 Å². The predicted molar refractivity (Wildman–Crippen MR) is 61.6 cm³/mol. The summed E-state index contributed by atoms with van der Waals surface area (Å²) in [6, 6.07) is -0.0891. The second-order valence-electron chi connectivity index (χ2n) is 3.82. The van der Waals surface area contributed by atoms with Gasteiger partial charge in [0, 0.05) is 18.8 Å². The Morgan fingerprint density at radius 3 is 2.75 bits per heavy atom. The third-order valence-corrected chi connectivity index (χ3v) is 4.09. The first-order chi connectivity index (χ1) is 7.43. The Bertz CT molecular complexity index is 426. The SMILES string of the molecule is CCS(=O)(=O)CC(C)NCc1ncn(C)n1. The molecule has 92 valence electrons. The van der Waals surface area contributed by atoms with E-state index in [9.17, 15) is 8.42 Å². The standard InChI is InChI=1S/C9H18N4O2S/c1-4-16(14,15)6-8(2)10-5-9-11-7-13(3)12-9/h7-8,10H,4-6H2,1-3H3. The normalized spacial score (nSPS) is 13.9. The van der Waals surface area contributed by atoms with Crippen LogP contribution in [0.15, 0.2) is 6.33 Å². The summed E-state index contributed by atoms with van der Waals surface area (Å²) >= 11 is 0. The maximum atomic E-state index is 11.3. The van der Waals surface area contributed by atoms with E-state index in [0.29, 0.717) is 12.4 Å². The number of aromatic nitrogens is 3. The van der Waals surface area contributed by atoms with Crippen molar-refractivity contribution in [1.82, 2.24) is 20.1 Å². The maximum absolute atomic E-state index is 11.3. The van der Waals surface area contributed by atoms with Crippen molar-refractivity contribution < 1.29 is 8.42 Å². The molecule has 1 rings (SSSR count). The van der Waals surface area contributed by atoms with Gasteiger partial charge < -0.3 is 5.32 Å². The van der Waals surface area contributed by atoms with E-state index in [1.165, 1.54) is 0 Å². The molecule has 0 saturated heterocycles. The van der Waals surface area contributed by atoms with E-state index in [0.717, 1.165) is 0 Å². The summed E-state index contributed by atoms with van der Waals surface area (Å²) in [5.41, 5.74) is 0. The van der Waals surface area contributed by atoms with Gasteiger partial charge in [-0.3, -0.25) is 4.68 Å². The van der Waals surface area contributed by atoms with Crippen LogP contribution < -0.4 is 5.32 Å². The van der Waals surface area contributed by atoms with Crippen LogP contribution in [-0.4, -0.2) is 40.7 Å². The van der Waals surface area contributed by atoms with Crippen molar-refractivity contribution in [1.29, 1.82) is 0 Å². The van der Waals surface area contributed by atoms with Crippen molar-refractivity contribution in [3.05, 3.63) is 12.2 Å². The molecule has 1 aromatic rings.